The highest BCUT2D eigenvalue weighted by atomic mass is 16.5. The maximum Gasteiger partial charge on any atom is 0.251 e. The Bertz CT molecular complexity index is 506. The van der Waals surface area contributed by atoms with Crippen LogP contribution in [0.1, 0.15) is 43.0 Å². The molecule has 0 radical (unpaired) electrons. The molecular weight excluding hydrogens is 308 g/mol. The number of amides is 2. The highest BCUT2D eigenvalue weighted by Gasteiger charge is 2.07. The van der Waals surface area contributed by atoms with Gasteiger partial charge in [0.2, 0.25) is 5.91 Å². The van der Waals surface area contributed by atoms with Crippen molar-refractivity contribution in [1.29, 1.82) is 0 Å². The second-order valence-electron chi connectivity index (χ2n) is 5.41. The summed E-state index contributed by atoms with van der Waals surface area (Å²) in [7, 11) is 1.55. The van der Waals surface area contributed by atoms with E-state index in [2.05, 4.69) is 17.6 Å². The van der Waals surface area contributed by atoms with E-state index in [0.29, 0.717) is 31.0 Å². The zero-order valence-corrected chi connectivity index (χ0v) is 14.6. The fourth-order valence-electron chi connectivity index (χ4n) is 1.99. The number of ether oxygens (including phenoxy) is 2. The first-order valence-corrected chi connectivity index (χ1v) is 8.44. The maximum absolute atomic E-state index is 12.0. The Morgan fingerprint density at radius 3 is 2.62 bits per heavy atom. The Kier molecular flexibility index (Phi) is 10.3. The van der Waals surface area contributed by atoms with Crippen molar-refractivity contribution in [1.82, 2.24) is 10.6 Å². The molecular formula is C18H28N2O4. The summed E-state index contributed by atoms with van der Waals surface area (Å²) in [6.07, 6.45) is 3.25. The average Bonchev–Trinajstić information content (AvgIpc) is 2.61. The zero-order chi connectivity index (χ0) is 17.6. The van der Waals surface area contributed by atoms with E-state index in [0.717, 1.165) is 25.9 Å². The molecule has 0 atom stereocenters. The van der Waals surface area contributed by atoms with Gasteiger partial charge in [0.25, 0.3) is 5.91 Å². The van der Waals surface area contributed by atoms with Crippen LogP contribution < -0.4 is 15.4 Å². The summed E-state index contributed by atoms with van der Waals surface area (Å²) in [6.45, 7) is 4.45. The second kappa shape index (κ2) is 12.4. The van der Waals surface area contributed by atoms with Crippen molar-refractivity contribution in [2.45, 2.75) is 32.6 Å². The van der Waals surface area contributed by atoms with E-state index in [4.69, 9.17) is 9.47 Å². The van der Waals surface area contributed by atoms with Gasteiger partial charge in [0.1, 0.15) is 5.75 Å². The maximum atomic E-state index is 12.0. The van der Waals surface area contributed by atoms with Crippen molar-refractivity contribution in [3.8, 4) is 5.75 Å². The molecule has 0 saturated heterocycles. The summed E-state index contributed by atoms with van der Waals surface area (Å²) in [6, 6.07) is 6.89. The fourth-order valence-corrected chi connectivity index (χ4v) is 1.99. The number of rotatable bonds is 12. The molecule has 0 unspecified atom stereocenters. The van der Waals surface area contributed by atoms with Crippen LogP contribution in [0.5, 0.6) is 5.75 Å². The molecule has 134 valence electrons. The smallest absolute Gasteiger partial charge is 0.251 e. The summed E-state index contributed by atoms with van der Waals surface area (Å²) < 4.78 is 10.5. The molecule has 0 aliphatic rings. The monoisotopic (exact) mass is 336 g/mol. The fraction of sp³-hybridized carbons (Fsp3) is 0.556. The number of carbonyl (C=O) groups excluding carboxylic acids is 2. The van der Waals surface area contributed by atoms with Crippen LogP contribution in [0.4, 0.5) is 0 Å². The molecule has 6 nitrogen and oxygen atoms in total. The first-order valence-electron chi connectivity index (χ1n) is 8.44. The van der Waals surface area contributed by atoms with Crippen molar-refractivity contribution in [2.24, 2.45) is 0 Å². The third-order valence-corrected chi connectivity index (χ3v) is 3.40. The first-order chi connectivity index (χ1) is 11.7. The van der Waals surface area contributed by atoms with Crippen LogP contribution >= 0.6 is 0 Å². The quantitative estimate of drug-likeness (QED) is 0.573. The highest BCUT2D eigenvalue weighted by Crippen LogP contribution is 2.12. The van der Waals surface area contributed by atoms with Crippen molar-refractivity contribution >= 4 is 11.8 Å². The Labute approximate surface area is 143 Å². The first kappa shape index (κ1) is 20.0. The molecule has 1 aromatic carbocycles. The minimum absolute atomic E-state index is 0.0745. The van der Waals surface area contributed by atoms with Crippen molar-refractivity contribution < 1.29 is 19.1 Å². The van der Waals surface area contributed by atoms with E-state index in [-0.39, 0.29) is 18.2 Å². The van der Waals surface area contributed by atoms with E-state index in [1.807, 2.05) is 0 Å². The van der Waals surface area contributed by atoms with E-state index < -0.39 is 0 Å². The molecule has 0 aliphatic carbocycles. The van der Waals surface area contributed by atoms with Crippen LogP contribution in [0.2, 0.25) is 0 Å². The van der Waals surface area contributed by atoms with Gasteiger partial charge in [-0.1, -0.05) is 19.4 Å². The van der Waals surface area contributed by atoms with Crippen LogP contribution in [-0.2, 0) is 9.53 Å². The molecule has 6 heteroatoms. The predicted octanol–water partition coefficient (Wildman–Crippen LogP) is 2.14. The second-order valence-corrected chi connectivity index (χ2v) is 5.41. The molecule has 0 bridgehead atoms. The van der Waals surface area contributed by atoms with Gasteiger partial charge in [-0.25, -0.2) is 0 Å². The lowest BCUT2D eigenvalue weighted by Crippen LogP contribution is -2.31. The third-order valence-electron chi connectivity index (χ3n) is 3.40. The van der Waals surface area contributed by atoms with Gasteiger partial charge < -0.3 is 20.1 Å². The number of hydrogen-bond donors (Lipinski definition) is 2. The summed E-state index contributed by atoms with van der Waals surface area (Å²) in [5, 5.41) is 5.54. The number of methoxy groups -OCH3 is 1. The van der Waals surface area contributed by atoms with Crippen molar-refractivity contribution in [3.63, 3.8) is 0 Å². The SMILES string of the molecule is CCCCOCCCNC(=O)CCNC(=O)c1cccc(OC)c1. The van der Waals surface area contributed by atoms with Crippen molar-refractivity contribution in [3.05, 3.63) is 29.8 Å². The molecule has 0 heterocycles. The van der Waals surface area contributed by atoms with Gasteiger partial charge in [0, 0.05) is 38.3 Å². The Morgan fingerprint density at radius 1 is 1.08 bits per heavy atom. The summed E-state index contributed by atoms with van der Waals surface area (Å²) in [4.78, 5) is 23.6. The summed E-state index contributed by atoms with van der Waals surface area (Å²) in [5.74, 6) is 0.335. The van der Waals surface area contributed by atoms with Gasteiger partial charge in [-0.3, -0.25) is 9.59 Å². The number of hydrogen-bond acceptors (Lipinski definition) is 4. The average molecular weight is 336 g/mol. The van der Waals surface area contributed by atoms with Gasteiger partial charge in [0.15, 0.2) is 0 Å². The molecule has 2 N–H and O–H groups in total. The lowest BCUT2D eigenvalue weighted by atomic mass is 10.2. The topological polar surface area (TPSA) is 76.7 Å². The lowest BCUT2D eigenvalue weighted by molar-refractivity contribution is -0.120. The largest absolute Gasteiger partial charge is 0.497 e. The third kappa shape index (κ3) is 8.53. The molecule has 0 aliphatic heterocycles. The normalized spacial score (nSPS) is 10.2. The highest BCUT2D eigenvalue weighted by molar-refractivity contribution is 5.94. The molecule has 24 heavy (non-hydrogen) atoms. The van der Waals surface area contributed by atoms with E-state index in [1.165, 1.54) is 0 Å². The van der Waals surface area contributed by atoms with Gasteiger partial charge in [0.05, 0.1) is 7.11 Å². The number of unbranched alkanes of at least 4 members (excludes halogenated alkanes) is 1. The standard InChI is InChI=1S/C18H28N2O4/c1-3-4-12-24-13-6-10-19-17(21)9-11-20-18(22)15-7-5-8-16(14-15)23-2/h5,7-8,14H,3-4,6,9-13H2,1-2H3,(H,19,21)(H,20,22). The molecule has 1 aromatic rings. The lowest BCUT2D eigenvalue weighted by Gasteiger charge is -2.08. The number of nitrogens with one attached hydrogen (secondary N) is 2. The minimum Gasteiger partial charge on any atom is -0.497 e. The molecule has 0 spiro atoms. The summed E-state index contributed by atoms with van der Waals surface area (Å²) >= 11 is 0. The van der Waals surface area contributed by atoms with Crippen molar-refractivity contribution in [2.75, 3.05) is 33.4 Å². The molecule has 2 amide bonds. The van der Waals surface area contributed by atoms with Gasteiger partial charge in [-0.2, -0.15) is 0 Å². The molecule has 1 rings (SSSR count). The van der Waals surface area contributed by atoms with Gasteiger partial charge in [-0.15, -0.1) is 0 Å². The molecule has 0 fully saturated rings. The van der Waals surface area contributed by atoms with Gasteiger partial charge in [-0.05, 0) is 31.0 Å². The van der Waals surface area contributed by atoms with Crippen LogP contribution in [0, 0.1) is 0 Å². The number of carbonyl (C=O) groups is 2. The minimum atomic E-state index is -0.217. The summed E-state index contributed by atoms with van der Waals surface area (Å²) in [5.41, 5.74) is 0.513. The van der Waals surface area contributed by atoms with Crippen LogP contribution in [0.3, 0.4) is 0 Å². The van der Waals surface area contributed by atoms with Crippen LogP contribution in [-0.4, -0.2) is 45.2 Å². The van der Waals surface area contributed by atoms with E-state index >= 15 is 0 Å². The van der Waals surface area contributed by atoms with Gasteiger partial charge >= 0.3 is 0 Å². The van der Waals surface area contributed by atoms with E-state index in [1.54, 1.807) is 31.4 Å². The van der Waals surface area contributed by atoms with Crippen LogP contribution in [0.25, 0.3) is 0 Å². The zero-order valence-electron chi connectivity index (χ0n) is 14.6. The molecule has 0 saturated carbocycles. The number of benzene rings is 1. The van der Waals surface area contributed by atoms with E-state index in [9.17, 15) is 9.59 Å². The molecule has 0 aromatic heterocycles. The Hall–Kier alpha value is -2.08. The Morgan fingerprint density at radius 2 is 1.88 bits per heavy atom. The van der Waals surface area contributed by atoms with Crippen LogP contribution in [0.15, 0.2) is 24.3 Å². The predicted molar refractivity (Wildman–Crippen MR) is 93.3 cm³/mol. The Balaban J connectivity index is 2.11.